The van der Waals surface area contributed by atoms with E-state index in [4.69, 9.17) is 9.47 Å². The number of hydrogen-bond acceptors (Lipinski definition) is 5. The standard InChI is InChI=1S/C15H22N2O4/c1-10(2)21-15-9-12(4-5-14(15)17(18)19)16-13-6-7-20-11(3)8-13/h4-5,9-11,13,16H,6-8H2,1-3H3. The van der Waals surface area contributed by atoms with Gasteiger partial charge in [-0.25, -0.2) is 0 Å². The van der Waals surface area contributed by atoms with Crippen molar-refractivity contribution in [3.05, 3.63) is 28.3 Å². The summed E-state index contributed by atoms with van der Waals surface area (Å²) in [4.78, 5) is 10.6. The monoisotopic (exact) mass is 294 g/mol. The summed E-state index contributed by atoms with van der Waals surface area (Å²) in [5, 5.41) is 14.4. The van der Waals surface area contributed by atoms with Crippen LogP contribution in [-0.4, -0.2) is 29.8 Å². The number of nitrogens with one attached hydrogen (secondary N) is 1. The lowest BCUT2D eigenvalue weighted by Crippen LogP contribution is -2.32. The molecule has 1 saturated heterocycles. The average Bonchev–Trinajstić information content (AvgIpc) is 2.37. The molecule has 1 N–H and O–H groups in total. The topological polar surface area (TPSA) is 73.6 Å². The quantitative estimate of drug-likeness (QED) is 0.666. The van der Waals surface area contributed by atoms with Crippen LogP contribution < -0.4 is 10.1 Å². The fraction of sp³-hybridized carbons (Fsp3) is 0.600. The van der Waals surface area contributed by atoms with Gasteiger partial charge in [-0.05, 0) is 39.7 Å². The smallest absolute Gasteiger partial charge is 0.311 e. The Kier molecular flexibility index (Phi) is 5.01. The van der Waals surface area contributed by atoms with Crippen LogP contribution in [0, 0.1) is 10.1 Å². The van der Waals surface area contributed by atoms with E-state index in [2.05, 4.69) is 12.2 Å². The van der Waals surface area contributed by atoms with Crippen molar-refractivity contribution in [3.8, 4) is 5.75 Å². The molecule has 0 aliphatic carbocycles. The largest absolute Gasteiger partial charge is 0.484 e. The number of benzene rings is 1. The Hall–Kier alpha value is -1.82. The molecule has 1 aliphatic heterocycles. The van der Waals surface area contributed by atoms with Crippen molar-refractivity contribution in [3.63, 3.8) is 0 Å². The van der Waals surface area contributed by atoms with Crippen LogP contribution in [0.4, 0.5) is 11.4 Å². The molecule has 2 rings (SSSR count). The first-order valence-electron chi connectivity index (χ1n) is 7.29. The van der Waals surface area contributed by atoms with E-state index in [-0.39, 0.29) is 17.9 Å². The number of nitro groups is 1. The summed E-state index contributed by atoms with van der Waals surface area (Å²) in [6.45, 7) is 6.49. The van der Waals surface area contributed by atoms with Gasteiger partial charge in [0, 0.05) is 30.5 Å². The molecule has 1 fully saturated rings. The van der Waals surface area contributed by atoms with Crippen molar-refractivity contribution < 1.29 is 14.4 Å². The van der Waals surface area contributed by atoms with Gasteiger partial charge in [-0.2, -0.15) is 0 Å². The van der Waals surface area contributed by atoms with Crippen molar-refractivity contribution in [1.82, 2.24) is 0 Å². The van der Waals surface area contributed by atoms with E-state index < -0.39 is 4.92 Å². The van der Waals surface area contributed by atoms with Gasteiger partial charge in [-0.1, -0.05) is 0 Å². The van der Waals surface area contributed by atoms with E-state index in [9.17, 15) is 10.1 Å². The maximum atomic E-state index is 11.0. The third-order valence-corrected chi connectivity index (χ3v) is 3.38. The Labute approximate surface area is 124 Å². The van der Waals surface area contributed by atoms with Crippen LogP contribution in [0.15, 0.2) is 18.2 Å². The minimum absolute atomic E-state index is 0.00500. The Morgan fingerprint density at radius 2 is 2.24 bits per heavy atom. The predicted molar refractivity (Wildman–Crippen MR) is 80.9 cm³/mol. The number of nitro benzene ring substituents is 1. The Balaban J connectivity index is 2.14. The predicted octanol–water partition coefficient (Wildman–Crippen LogP) is 3.36. The first-order valence-corrected chi connectivity index (χ1v) is 7.29. The third-order valence-electron chi connectivity index (χ3n) is 3.38. The molecule has 0 radical (unpaired) electrons. The molecule has 6 nitrogen and oxygen atoms in total. The number of ether oxygens (including phenoxy) is 2. The second-order valence-corrected chi connectivity index (χ2v) is 5.65. The summed E-state index contributed by atoms with van der Waals surface area (Å²) >= 11 is 0. The van der Waals surface area contributed by atoms with Gasteiger partial charge in [0.15, 0.2) is 5.75 Å². The summed E-state index contributed by atoms with van der Waals surface area (Å²) < 4.78 is 11.1. The Morgan fingerprint density at radius 3 is 2.86 bits per heavy atom. The van der Waals surface area contributed by atoms with E-state index in [1.807, 2.05) is 13.8 Å². The summed E-state index contributed by atoms with van der Waals surface area (Å²) in [6.07, 6.45) is 1.99. The molecule has 1 heterocycles. The Bertz CT molecular complexity index is 504. The van der Waals surface area contributed by atoms with Crippen LogP contribution in [0.1, 0.15) is 33.6 Å². The van der Waals surface area contributed by atoms with Crippen LogP contribution in [-0.2, 0) is 4.74 Å². The summed E-state index contributed by atoms with van der Waals surface area (Å²) in [5.74, 6) is 0.306. The maximum absolute atomic E-state index is 11.0. The lowest BCUT2D eigenvalue weighted by molar-refractivity contribution is -0.386. The molecule has 0 amide bonds. The van der Waals surface area contributed by atoms with E-state index in [0.717, 1.165) is 25.1 Å². The molecule has 2 atom stereocenters. The fourth-order valence-electron chi connectivity index (χ4n) is 2.47. The van der Waals surface area contributed by atoms with Crippen LogP contribution in [0.25, 0.3) is 0 Å². The van der Waals surface area contributed by atoms with E-state index in [1.165, 1.54) is 6.07 Å². The van der Waals surface area contributed by atoms with Crippen LogP contribution in [0.2, 0.25) is 0 Å². The zero-order valence-corrected chi connectivity index (χ0v) is 12.7. The van der Waals surface area contributed by atoms with Gasteiger partial charge in [0.05, 0.1) is 17.1 Å². The molecule has 0 aromatic heterocycles. The molecular weight excluding hydrogens is 272 g/mol. The van der Waals surface area contributed by atoms with Crippen molar-refractivity contribution in [2.45, 2.75) is 51.9 Å². The number of nitrogens with zero attached hydrogens (tertiary/aromatic N) is 1. The number of anilines is 1. The zero-order chi connectivity index (χ0) is 15.4. The lowest BCUT2D eigenvalue weighted by atomic mass is 10.0. The van der Waals surface area contributed by atoms with E-state index >= 15 is 0 Å². The first-order chi connectivity index (χ1) is 9.95. The van der Waals surface area contributed by atoms with Crippen molar-refractivity contribution >= 4 is 11.4 Å². The van der Waals surface area contributed by atoms with E-state index in [0.29, 0.717) is 11.8 Å². The molecule has 0 spiro atoms. The summed E-state index contributed by atoms with van der Waals surface area (Å²) in [7, 11) is 0. The normalized spacial score (nSPS) is 22.1. The van der Waals surface area contributed by atoms with Gasteiger partial charge in [0.2, 0.25) is 0 Å². The van der Waals surface area contributed by atoms with Gasteiger partial charge in [0.25, 0.3) is 0 Å². The fourth-order valence-corrected chi connectivity index (χ4v) is 2.47. The van der Waals surface area contributed by atoms with Gasteiger partial charge >= 0.3 is 5.69 Å². The van der Waals surface area contributed by atoms with Crippen LogP contribution in [0.5, 0.6) is 5.75 Å². The van der Waals surface area contributed by atoms with Gasteiger partial charge in [-0.3, -0.25) is 10.1 Å². The molecule has 0 bridgehead atoms. The summed E-state index contributed by atoms with van der Waals surface area (Å²) in [5.41, 5.74) is 0.838. The van der Waals surface area contributed by atoms with Crippen LogP contribution >= 0.6 is 0 Å². The molecular formula is C15H22N2O4. The highest BCUT2D eigenvalue weighted by Crippen LogP contribution is 2.31. The van der Waals surface area contributed by atoms with Crippen LogP contribution in [0.3, 0.4) is 0 Å². The minimum Gasteiger partial charge on any atom is -0.484 e. The maximum Gasteiger partial charge on any atom is 0.311 e. The third kappa shape index (κ3) is 4.32. The highest BCUT2D eigenvalue weighted by molar-refractivity contribution is 5.58. The van der Waals surface area contributed by atoms with E-state index in [1.54, 1.807) is 12.1 Å². The molecule has 21 heavy (non-hydrogen) atoms. The molecule has 6 heteroatoms. The van der Waals surface area contributed by atoms with Crippen molar-refractivity contribution in [1.29, 1.82) is 0 Å². The highest BCUT2D eigenvalue weighted by atomic mass is 16.6. The zero-order valence-electron chi connectivity index (χ0n) is 12.7. The molecule has 1 aliphatic rings. The molecule has 116 valence electrons. The van der Waals surface area contributed by atoms with Gasteiger partial charge in [0.1, 0.15) is 0 Å². The molecule has 1 aromatic carbocycles. The van der Waals surface area contributed by atoms with Gasteiger partial charge < -0.3 is 14.8 Å². The number of hydrogen-bond donors (Lipinski definition) is 1. The second kappa shape index (κ2) is 6.76. The van der Waals surface area contributed by atoms with Crippen molar-refractivity contribution in [2.24, 2.45) is 0 Å². The Morgan fingerprint density at radius 1 is 1.48 bits per heavy atom. The number of rotatable bonds is 5. The molecule has 1 aromatic rings. The van der Waals surface area contributed by atoms with Crippen molar-refractivity contribution in [2.75, 3.05) is 11.9 Å². The molecule has 0 saturated carbocycles. The molecule has 2 unspecified atom stereocenters. The average molecular weight is 294 g/mol. The SMILES string of the molecule is CC(C)Oc1cc(NC2CCOC(C)C2)ccc1[N+](=O)[O-]. The summed E-state index contributed by atoms with van der Waals surface area (Å²) in [6, 6.07) is 5.24. The highest BCUT2D eigenvalue weighted by Gasteiger charge is 2.21. The van der Waals surface area contributed by atoms with Gasteiger partial charge in [-0.15, -0.1) is 0 Å². The minimum atomic E-state index is -0.419. The lowest BCUT2D eigenvalue weighted by Gasteiger charge is -2.28. The second-order valence-electron chi connectivity index (χ2n) is 5.65. The first kappa shape index (κ1) is 15.6.